The number of aryl methyl sites for hydroxylation is 4. The molecular weight excluding hydrogens is 445 g/mol. The lowest BCUT2D eigenvalue weighted by atomic mass is 9.14. The van der Waals surface area contributed by atoms with Crippen molar-refractivity contribution in [1.82, 2.24) is 0 Å². The third kappa shape index (κ3) is 6.02. The fourth-order valence-corrected chi connectivity index (χ4v) is 5.58. The van der Waals surface area contributed by atoms with Crippen LogP contribution >= 0.6 is 0 Å². The number of para-hydroxylation sites is 1. The number of hydrogen-bond donors (Lipinski definition) is 0. The molecule has 1 heterocycles. The molecule has 1 nitrogen and oxygen atoms in total. The molecule has 0 spiro atoms. The van der Waals surface area contributed by atoms with Crippen molar-refractivity contribution in [3.8, 4) is 0 Å². The Morgan fingerprint density at radius 1 is 0.568 bits per heavy atom. The first-order valence-electron chi connectivity index (χ1n) is 13.7. The largest absolute Gasteiger partial charge is 0.212 e. The number of hydrogen-bond acceptors (Lipinski definition) is 0. The number of rotatable bonds is 6. The summed E-state index contributed by atoms with van der Waals surface area (Å²) in [5.41, 5.74) is 9.60. The molecule has 0 aliphatic rings. The number of fused-ring (bicyclic) bond motifs is 1. The van der Waals surface area contributed by atoms with Gasteiger partial charge < -0.3 is 0 Å². The number of benzene rings is 4. The van der Waals surface area contributed by atoms with Gasteiger partial charge in [0, 0.05) is 17.5 Å². The van der Waals surface area contributed by atoms with Crippen molar-refractivity contribution in [3.63, 3.8) is 0 Å². The minimum Gasteiger partial charge on any atom is -0.201 e. The fraction of sp³-hybridized carbons (Fsp3) is 0.229. The highest BCUT2D eigenvalue weighted by molar-refractivity contribution is 7.11. The van der Waals surface area contributed by atoms with Crippen LogP contribution in [0.1, 0.15) is 36.5 Å². The van der Waals surface area contributed by atoms with Crippen LogP contribution in [0.2, 0.25) is 6.32 Å². The smallest absolute Gasteiger partial charge is 0.201 e. The second kappa shape index (κ2) is 12.1. The molecule has 5 aromatic rings. The van der Waals surface area contributed by atoms with Crippen molar-refractivity contribution in [3.05, 3.63) is 132 Å². The molecule has 37 heavy (non-hydrogen) atoms. The zero-order valence-corrected chi connectivity index (χ0v) is 23.1. The summed E-state index contributed by atoms with van der Waals surface area (Å²) < 4.78 is 2.12. The van der Waals surface area contributed by atoms with Crippen LogP contribution in [0, 0.1) is 20.8 Å². The van der Waals surface area contributed by atoms with Crippen molar-refractivity contribution in [1.29, 1.82) is 0 Å². The van der Waals surface area contributed by atoms with Crippen LogP contribution in [0.5, 0.6) is 0 Å². The number of aromatic nitrogens is 1. The van der Waals surface area contributed by atoms with Crippen molar-refractivity contribution in [2.24, 2.45) is 7.05 Å². The minimum absolute atomic E-state index is 0.957. The summed E-state index contributed by atoms with van der Waals surface area (Å²) in [6, 6.07) is 40.2. The van der Waals surface area contributed by atoms with Gasteiger partial charge in [0.15, 0.2) is 6.20 Å². The SMILES string of the molecule is CCCC[B-](c1ccc(C)cc1)(c1ccc(C)cc1)c1ccc(C)cc1.C[n+]1cccc2ccccc21. The van der Waals surface area contributed by atoms with E-state index in [2.05, 4.69) is 155 Å². The monoisotopic (exact) mass is 485 g/mol. The first kappa shape index (κ1) is 26.4. The van der Waals surface area contributed by atoms with Crippen molar-refractivity contribution in [2.75, 3.05) is 0 Å². The summed E-state index contributed by atoms with van der Waals surface area (Å²) >= 11 is 0. The van der Waals surface area contributed by atoms with Gasteiger partial charge in [0.25, 0.3) is 0 Å². The van der Waals surface area contributed by atoms with E-state index in [9.17, 15) is 0 Å². The molecule has 2 heteroatoms. The predicted molar refractivity (Wildman–Crippen MR) is 163 cm³/mol. The van der Waals surface area contributed by atoms with E-state index in [1.54, 1.807) is 0 Å². The molecule has 0 saturated heterocycles. The zero-order chi connectivity index (χ0) is 26.3. The third-order valence-electron chi connectivity index (χ3n) is 7.83. The molecule has 0 radical (unpaired) electrons. The molecule has 0 atom stereocenters. The fourth-order valence-electron chi connectivity index (χ4n) is 5.58. The van der Waals surface area contributed by atoms with Crippen molar-refractivity contribution in [2.45, 2.75) is 46.9 Å². The Balaban J connectivity index is 0.000000241. The molecule has 0 aliphatic heterocycles. The van der Waals surface area contributed by atoms with Crippen LogP contribution in [0.3, 0.4) is 0 Å². The highest BCUT2D eigenvalue weighted by atomic mass is 14.9. The quantitative estimate of drug-likeness (QED) is 0.190. The lowest BCUT2D eigenvalue weighted by Crippen LogP contribution is -2.67. The van der Waals surface area contributed by atoms with E-state index in [0.717, 1.165) is 0 Å². The van der Waals surface area contributed by atoms with Gasteiger partial charge in [0.1, 0.15) is 7.05 Å². The topological polar surface area (TPSA) is 3.88 Å². The Hall–Kier alpha value is -3.65. The lowest BCUT2D eigenvalue weighted by Gasteiger charge is -2.43. The van der Waals surface area contributed by atoms with E-state index in [0.29, 0.717) is 0 Å². The third-order valence-corrected chi connectivity index (χ3v) is 7.83. The van der Waals surface area contributed by atoms with Gasteiger partial charge in [-0.15, -0.1) is 0 Å². The van der Waals surface area contributed by atoms with Gasteiger partial charge in [-0.05, 0) is 32.9 Å². The average molecular weight is 486 g/mol. The Morgan fingerprint density at radius 3 is 1.43 bits per heavy atom. The normalized spacial score (nSPS) is 11.2. The van der Waals surface area contributed by atoms with Crippen LogP contribution < -0.4 is 21.0 Å². The number of pyridine rings is 1. The summed E-state index contributed by atoms with van der Waals surface area (Å²) in [7, 11) is 2.06. The molecule has 0 aliphatic carbocycles. The molecular formula is C35H40BN. The minimum atomic E-state index is -0.957. The van der Waals surface area contributed by atoms with E-state index in [1.165, 1.54) is 63.1 Å². The summed E-state index contributed by atoms with van der Waals surface area (Å²) in [6.07, 6.45) is 4.73. The van der Waals surface area contributed by atoms with Crippen molar-refractivity contribution < 1.29 is 4.57 Å². The highest BCUT2D eigenvalue weighted by Gasteiger charge is 2.29. The second-order valence-corrected chi connectivity index (χ2v) is 10.6. The van der Waals surface area contributed by atoms with Crippen LogP contribution in [-0.4, -0.2) is 6.15 Å². The Morgan fingerprint density at radius 2 is 1.00 bits per heavy atom. The van der Waals surface area contributed by atoms with Gasteiger partial charge in [-0.25, -0.2) is 4.57 Å². The maximum absolute atomic E-state index is 2.35. The molecule has 0 amide bonds. The van der Waals surface area contributed by atoms with Gasteiger partial charge in [-0.3, -0.25) is 0 Å². The predicted octanol–water partition coefficient (Wildman–Crippen LogP) is 6.55. The Kier molecular flexibility index (Phi) is 8.61. The molecule has 0 saturated carbocycles. The molecule has 0 N–H and O–H groups in total. The van der Waals surface area contributed by atoms with Crippen LogP contribution in [0.15, 0.2) is 115 Å². The average Bonchev–Trinajstić information content (AvgIpc) is 2.92. The molecule has 5 rings (SSSR count). The summed E-state index contributed by atoms with van der Waals surface area (Å²) in [4.78, 5) is 0. The molecule has 1 aromatic heterocycles. The van der Waals surface area contributed by atoms with Crippen LogP contribution in [-0.2, 0) is 7.05 Å². The van der Waals surface area contributed by atoms with Crippen LogP contribution in [0.25, 0.3) is 10.9 Å². The first-order valence-corrected chi connectivity index (χ1v) is 13.7. The van der Waals surface area contributed by atoms with Gasteiger partial charge >= 0.3 is 0 Å². The number of unbranched alkanes of at least 4 members (excludes halogenated alkanes) is 1. The Labute approximate surface area is 223 Å². The van der Waals surface area contributed by atoms with E-state index in [-0.39, 0.29) is 0 Å². The zero-order valence-electron chi connectivity index (χ0n) is 23.1. The van der Waals surface area contributed by atoms with E-state index in [1.807, 2.05) is 0 Å². The lowest BCUT2D eigenvalue weighted by molar-refractivity contribution is -0.644. The van der Waals surface area contributed by atoms with Crippen LogP contribution in [0.4, 0.5) is 0 Å². The maximum atomic E-state index is 2.35. The Bertz CT molecular complexity index is 1300. The summed E-state index contributed by atoms with van der Waals surface area (Å²) in [5, 5.41) is 1.29. The second-order valence-electron chi connectivity index (χ2n) is 10.6. The molecule has 0 unspecified atom stereocenters. The standard InChI is InChI=1S/C25H30B.C10H10N/c1-5-6-19-26(23-13-7-20(2)8-14-23,24-15-9-21(3)10-16-24)25-17-11-22(4)12-18-25;1-11-8-4-6-9-5-2-3-7-10(9)11/h7-18H,5-6,19H2,1-4H3;2-8H,1H3/q-1;+1. The summed E-state index contributed by atoms with van der Waals surface area (Å²) in [5.74, 6) is 0. The maximum Gasteiger partial charge on any atom is 0.212 e. The van der Waals surface area contributed by atoms with E-state index >= 15 is 0 Å². The molecule has 0 fully saturated rings. The number of nitrogens with zero attached hydrogens (tertiary/aromatic N) is 1. The highest BCUT2D eigenvalue weighted by Crippen LogP contribution is 2.18. The van der Waals surface area contributed by atoms with Gasteiger partial charge in [0.05, 0.1) is 6.15 Å². The molecule has 188 valence electrons. The molecule has 0 bridgehead atoms. The van der Waals surface area contributed by atoms with Gasteiger partial charge in [-0.1, -0.05) is 121 Å². The van der Waals surface area contributed by atoms with Crippen molar-refractivity contribution >= 4 is 33.4 Å². The molecule has 4 aromatic carbocycles. The van der Waals surface area contributed by atoms with Gasteiger partial charge in [-0.2, -0.15) is 22.7 Å². The first-order chi connectivity index (χ1) is 17.9. The summed E-state index contributed by atoms with van der Waals surface area (Å²) in [6.45, 7) is 8.80. The van der Waals surface area contributed by atoms with Gasteiger partial charge in [0.2, 0.25) is 5.52 Å². The van der Waals surface area contributed by atoms with E-state index in [4.69, 9.17) is 0 Å². The van der Waals surface area contributed by atoms with E-state index < -0.39 is 6.15 Å².